The minimum absolute atomic E-state index is 0.0226. The van der Waals surface area contributed by atoms with Crippen LogP contribution in [0.15, 0.2) is 0 Å². The molecule has 0 radical (unpaired) electrons. The molecule has 1 amide bonds. The van der Waals surface area contributed by atoms with E-state index in [-0.39, 0.29) is 18.4 Å². The average molecular weight is 286 g/mol. The predicted molar refractivity (Wildman–Crippen MR) is 70.7 cm³/mol. The average Bonchev–Trinajstić information content (AvgIpc) is 2.65. The van der Waals surface area contributed by atoms with Crippen LogP contribution in [0.3, 0.4) is 0 Å². The Morgan fingerprint density at radius 2 is 2.47 bits per heavy atom. The summed E-state index contributed by atoms with van der Waals surface area (Å²) in [6.45, 7) is 3.85. The molecule has 1 aromatic rings. The molecule has 1 saturated heterocycles. The van der Waals surface area contributed by atoms with E-state index in [0.29, 0.717) is 42.1 Å². The van der Waals surface area contributed by atoms with Crippen LogP contribution in [-0.2, 0) is 4.74 Å². The lowest BCUT2D eigenvalue weighted by molar-refractivity contribution is 0.0732. The van der Waals surface area contributed by atoms with Gasteiger partial charge in [0, 0.05) is 25.6 Å². The maximum Gasteiger partial charge on any atom is 0.273 e. The molecular formula is C12H18N2O4S. The van der Waals surface area contributed by atoms with Crippen molar-refractivity contribution < 1.29 is 19.4 Å². The van der Waals surface area contributed by atoms with Crippen molar-refractivity contribution in [2.45, 2.75) is 6.92 Å². The summed E-state index contributed by atoms with van der Waals surface area (Å²) in [5, 5.41) is 9.73. The molecule has 0 aliphatic carbocycles. The van der Waals surface area contributed by atoms with Crippen LogP contribution in [0.1, 0.15) is 15.4 Å². The van der Waals surface area contributed by atoms with Crippen LogP contribution in [0.5, 0.6) is 5.19 Å². The summed E-state index contributed by atoms with van der Waals surface area (Å²) >= 11 is 1.25. The number of ether oxygens (including phenoxy) is 2. The van der Waals surface area contributed by atoms with E-state index in [4.69, 9.17) is 9.47 Å². The van der Waals surface area contributed by atoms with Crippen LogP contribution >= 0.6 is 11.3 Å². The van der Waals surface area contributed by atoms with Gasteiger partial charge in [-0.2, -0.15) is 0 Å². The molecule has 106 valence electrons. The molecule has 19 heavy (non-hydrogen) atoms. The van der Waals surface area contributed by atoms with Gasteiger partial charge in [-0.1, -0.05) is 11.3 Å². The number of aliphatic hydroxyl groups is 1. The number of aliphatic hydroxyl groups excluding tert-OH is 1. The third-order valence-corrected chi connectivity index (χ3v) is 4.14. The number of carbonyl (C=O) groups is 1. The lowest BCUT2D eigenvalue weighted by Crippen LogP contribution is -2.36. The summed E-state index contributed by atoms with van der Waals surface area (Å²) in [7, 11) is 1.54. The summed E-state index contributed by atoms with van der Waals surface area (Å²) < 4.78 is 10.4. The number of carbonyl (C=O) groups excluding carboxylic acids is 1. The molecule has 0 unspecified atom stereocenters. The van der Waals surface area contributed by atoms with Crippen molar-refractivity contribution in [3.05, 3.63) is 10.6 Å². The minimum Gasteiger partial charge on any atom is -0.473 e. The normalized spacial score (nSPS) is 20.2. The maximum absolute atomic E-state index is 12.5. The van der Waals surface area contributed by atoms with E-state index in [1.165, 1.54) is 18.4 Å². The van der Waals surface area contributed by atoms with E-state index in [0.717, 1.165) is 0 Å². The number of rotatable bonds is 3. The molecule has 1 N–H and O–H groups in total. The summed E-state index contributed by atoms with van der Waals surface area (Å²) in [5.74, 6) is -0.0937. The number of hydrogen-bond acceptors (Lipinski definition) is 6. The summed E-state index contributed by atoms with van der Waals surface area (Å²) in [5.41, 5.74) is 0.678. The first-order valence-electron chi connectivity index (χ1n) is 6.15. The Kier molecular flexibility index (Phi) is 4.73. The van der Waals surface area contributed by atoms with E-state index in [9.17, 15) is 9.90 Å². The monoisotopic (exact) mass is 286 g/mol. The number of methoxy groups -OCH3 is 1. The highest BCUT2D eigenvalue weighted by Gasteiger charge is 2.26. The van der Waals surface area contributed by atoms with E-state index in [2.05, 4.69) is 4.98 Å². The zero-order valence-electron chi connectivity index (χ0n) is 11.1. The van der Waals surface area contributed by atoms with Crippen molar-refractivity contribution >= 4 is 17.2 Å². The lowest BCUT2D eigenvalue weighted by atomic mass is 10.1. The third kappa shape index (κ3) is 3.23. The molecule has 1 atom stereocenters. The van der Waals surface area contributed by atoms with Crippen LogP contribution in [-0.4, -0.2) is 60.9 Å². The van der Waals surface area contributed by atoms with Gasteiger partial charge >= 0.3 is 0 Å². The zero-order valence-corrected chi connectivity index (χ0v) is 11.9. The number of nitrogens with zero attached hydrogens (tertiary/aromatic N) is 2. The predicted octanol–water partition coefficient (Wildman–Crippen LogP) is 0.541. The molecule has 1 fully saturated rings. The van der Waals surface area contributed by atoms with E-state index < -0.39 is 0 Å². The molecule has 0 bridgehead atoms. The molecular weight excluding hydrogens is 268 g/mol. The molecule has 1 aromatic heterocycles. The van der Waals surface area contributed by atoms with Gasteiger partial charge in [-0.25, -0.2) is 4.98 Å². The Bertz CT molecular complexity index is 449. The van der Waals surface area contributed by atoms with Gasteiger partial charge in [0.25, 0.3) is 11.1 Å². The summed E-state index contributed by atoms with van der Waals surface area (Å²) in [6, 6.07) is 0. The highest BCUT2D eigenvalue weighted by Crippen LogP contribution is 2.26. The molecule has 2 heterocycles. The van der Waals surface area contributed by atoms with Crippen molar-refractivity contribution in [3.63, 3.8) is 0 Å². The molecule has 6 nitrogen and oxygen atoms in total. The van der Waals surface area contributed by atoms with Crippen molar-refractivity contribution in [1.29, 1.82) is 0 Å². The zero-order chi connectivity index (χ0) is 13.8. The smallest absolute Gasteiger partial charge is 0.273 e. The molecule has 2 rings (SSSR count). The van der Waals surface area contributed by atoms with Crippen molar-refractivity contribution in [2.75, 3.05) is 40.0 Å². The van der Waals surface area contributed by atoms with Crippen LogP contribution < -0.4 is 4.74 Å². The van der Waals surface area contributed by atoms with Gasteiger partial charge in [-0.05, 0) is 6.92 Å². The van der Waals surface area contributed by atoms with Gasteiger partial charge in [-0.15, -0.1) is 0 Å². The highest BCUT2D eigenvalue weighted by atomic mass is 32.1. The Morgan fingerprint density at radius 1 is 1.68 bits per heavy atom. The number of thiazole rings is 1. The van der Waals surface area contributed by atoms with Crippen LogP contribution in [0, 0.1) is 12.8 Å². The fourth-order valence-corrected chi connectivity index (χ4v) is 2.83. The largest absolute Gasteiger partial charge is 0.473 e. The molecule has 7 heteroatoms. The Balaban J connectivity index is 2.14. The van der Waals surface area contributed by atoms with Gasteiger partial charge in [0.1, 0.15) is 4.88 Å². The quantitative estimate of drug-likeness (QED) is 0.878. The van der Waals surface area contributed by atoms with Gasteiger partial charge in [0.2, 0.25) is 0 Å². The molecule has 0 spiro atoms. The first-order chi connectivity index (χ1) is 9.15. The third-order valence-electron chi connectivity index (χ3n) is 3.03. The minimum atomic E-state index is -0.0674. The first kappa shape index (κ1) is 14.2. The Hall–Kier alpha value is -1.18. The second-order valence-corrected chi connectivity index (χ2v) is 5.43. The maximum atomic E-state index is 12.5. The number of hydrogen-bond donors (Lipinski definition) is 1. The SMILES string of the molecule is COc1nc(C)c(C(=O)N2CCOC[C@H](CO)C2)s1. The number of aryl methyl sites for hydroxylation is 1. The number of amides is 1. The Labute approximate surface area is 116 Å². The van der Waals surface area contributed by atoms with Crippen LogP contribution in [0.25, 0.3) is 0 Å². The van der Waals surface area contributed by atoms with Crippen LogP contribution in [0.4, 0.5) is 0 Å². The fraction of sp³-hybridized carbons (Fsp3) is 0.667. The van der Waals surface area contributed by atoms with Gasteiger partial charge in [0.15, 0.2) is 0 Å². The van der Waals surface area contributed by atoms with Crippen molar-refractivity contribution in [3.8, 4) is 5.19 Å². The Morgan fingerprint density at radius 3 is 3.11 bits per heavy atom. The lowest BCUT2D eigenvalue weighted by Gasteiger charge is -2.22. The topological polar surface area (TPSA) is 71.9 Å². The van der Waals surface area contributed by atoms with E-state index in [1.807, 2.05) is 0 Å². The van der Waals surface area contributed by atoms with Gasteiger partial charge < -0.3 is 19.5 Å². The van der Waals surface area contributed by atoms with Crippen molar-refractivity contribution in [1.82, 2.24) is 9.88 Å². The first-order valence-corrected chi connectivity index (χ1v) is 6.96. The van der Waals surface area contributed by atoms with E-state index >= 15 is 0 Å². The van der Waals surface area contributed by atoms with Crippen LogP contribution in [0.2, 0.25) is 0 Å². The van der Waals surface area contributed by atoms with E-state index in [1.54, 1.807) is 11.8 Å². The summed E-state index contributed by atoms with van der Waals surface area (Å²) in [6.07, 6.45) is 0. The second kappa shape index (κ2) is 6.31. The molecule has 1 aliphatic rings. The summed E-state index contributed by atoms with van der Waals surface area (Å²) in [4.78, 5) is 19.0. The molecule has 0 saturated carbocycles. The van der Waals surface area contributed by atoms with Gasteiger partial charge in [0.05, 0.1) is 26.0 Å². The van der Waals surface area contributed by atoms with Gasteiger partial charge in [-0.3, -0.25) is 4.79 Å². The fourth-order valence-electron chi connectivity index (χ4n) is 1.98. The molecule has 0 aromatic carbocycles. The van der Waals surface area contributed by atoms with Crippen molar-refractivity contribution in [2.24, 2.45) is 5.92 Å². The number of aromatic nitrogens is 1. The highest BCUT2D eigenvalue weighted by molar-refractivity contribution is 7.15. The second-order valence-electron chi connectivity index (χ2n) is 4.47. The molecule has 1 aliphatic heterocycles. The standard InChI is InChI=1S/C12H18N2O4S/c1-8-10(19-12(13-8)17-2)11(16)14-3-4-18-7-9(5-14)6-15/h9,15H,3-7H2,1-2H3/t9-/m0/s1.